The highest BCUT2D eigenvalue weighted by Gasteiger charge is 2.27. The van der Waals surface area contributed by atoms with Gasteiger partial charge in [-0.05, 0) is 88.1 Å². The Morgan fingerprint density at radius 2 is 0.609 bits per heavy atom. The molecule has 0 atom stereocenters. The average Bonchev–Trinajstić information content (AvgIpc) is 1.67. The maximum atomic E-state index is 13.6. The van der Waals surface area contributed by atoms with Gasteiger partial charge in [-0.15, -0.1) is 0 Å². The van der Waals surface area contributed by atoms with Crippen molar-refractivity contribution in [2.24, 2.45) is 70.5 Å². The lowest BCUT2D eigenvalue weighted by Crippen LogP contribution is -2.29. The normalized spacial score (nSPS) is 11.1. The van der Waals surface area contributed by atoms with Crippen LogP contribution in [-0.4, -0.2) is 216 Å². The van der Waals surface area contributed by atoms with Crippen LogP contribution in [0.1, 0.15) is 155 Å². The molecule has 0 unspecified atom stereocenters. The average molecular weight is 1760 g/mol. The molecule has 11 heterocycles. The maximum absolute atomic E-state index is 13.6. The van der Waals surface area contributed by atoms with Crippen LogP contribution >= 0.6 is 0 Å². The molecule has 0 fully saturated rings. The first-order chi connectivity index (χ1) is 60.8. The van der Waals surface area contributed by atoms with Crippen LogP contribution in [0.15, 0.2) is 117 Å². The van der Waals surface area contributed by atoms with Crippen LogP contribution in [0.25, 0.3) is 10.9 Å². The number of H-pyrrole nitrogens is 1. The molecule has 0 saturated heterocycles. The highest BCUT2D eigenvalue weighted by atomic mass is 16.2. The number of imidazole rings is 5. The highest BCUT2D eigenvalue weighted by molar-refractivity contribution is 6.11. The molecule has 47 heteroatoms. The Bertz CT molecular complexity index is 6390. The standard InChI is InChI=1S/C81H94N32O15/c1-43(114)86-58-38-111(11)68(95-58)79(126)91-49-30-53(104(4)36-49)72(119)84-23-20-65(117)94-59-39-112(12)70(96-59)81(128)102-62-42-113(13)69(99-62)80(127)92-50-32-57(108(8)37-50)76(123)101-60-40-109(9)66(97-60)77(124)83-21-14-16-63(115)87-46-29-56(106(6)33-46)75(122)100-61-41-110(10)67(98-61)78(125)85-24-19-64(116)88-47-28-54(105(5)34-47)74(121)90-48-31-55(107(7)35-48)73(120)89-45-17-18-51-44(26-45)27-52(93-51)71(118)82-22-15-25-103(2)3/h17-18,26-42,93H,14-16,19-25H2,1-13H3,(H,82,118)(H,83,124)(H,84,119)(H,85,125)(H,86,114)(H,87,115)(H,88,116)(H,89,120)(H,90,121)(H,91,126)(H,92,127)(H,94,117)(H,100,122)(H,101,123)(H,102,128). The Kier molecular flexibility index (Phi) is 27.7. The second-order valence-corrected chi connectivity index (χ2v) is 30.2. The smallest absolute Gasteiger partial charge is 0.292 e. The van der Waals surface area contributed by atoms with E-state index in [9.17, 15) is 71.9 Å². The quantitative estimate of drug-likeness (QED) is 0.0249. The van der Waals surface area contributed by atoms with Crippen molar-refractivity contribution >= 4 is 163 Å². The SMILES string of the molecule is CC(=O)Nc1cn(C)c(C(=O)Nc2cc(C(=O)NCCC(=O)Nc3cn(C)c(C(=O)Nc4cn(C)c(C(=O)Nc5cc(C(=O)Nc6cn(C)c(C(=O)NCCCC(=O)Nc7cc(C(=O)Nc8cn(C)c(C(=O)NCCC(=O)Nc9cc(C(=O)Nc%10cc(C(=O)Nc%11ccc%12[nH]c(C(=O)NCCCN(C)C)cc%12c%11)n(C)c%10)n(C)c9)n8)n(C)c7)n6)n(C)c5)n4)n3)n(C)c2)n1. The Morgan fingerprint density at radius 3 is 1.03 bits per heavy atom. The molecule has 0 saturated carbocycles. The maximum Gasteiger partial charge on any atom is 0.292 e. The van der Waals surface area contributed by atoms with E-state index in [1.54, 1.807) is 90.6 Å². The van der Waals surface area contributed by atoms with E-state index in [2.05, 4.69) is 110 Å². The number of rotatable bonds is 36. The van der Waals surface area contributed by atoms with E-state index in [0.29, 0.717) is 40.7 Å². The van der Waals surface area contributed by atoms with Crippen molar-refractivity contribution in [2.45, 2.75) is 39.0 Å². The lowest BCUT2D eigenvalue weighted by Gasteiger charge is -2.09. The Hall–Kier alpha value is -16.8. The molecule has 12 aromatic rings. The summed E-state index contributed by atoms with van der Waals surface area (Å²) >= 11 is 0. The van der Waals surface area contributed by atoms with Gasteiger partial charge in [0.15, 0.2) is 29.1 Å². The fourth-order valence-corrected chi connectivity index (χ4v) is 13.4. The van der Waals surface area contributed by atoms with Crippen LogP contribution in [0.4, 0.5) is 63.2 Å². The van der Waals surface area contributed by atoms with Crippen molar-refractivity contribution < 1.29 is 71.9 Å². The summed E-state index contributed by atoms with van der Waals surface area (Å²) in [7, 11) is 19.6. The van der Waals surface area contributed by atoms with Crippen molar-refractivity contribution in [2.75, 3.05) is 105 Å². The summed E-state index contributed by atoms with van der Waals surface area (Å²) in [6.07, 6.45) is 15.3. The Labute approximate surface area is 727 Å². The van der Waals surface area contributed by atoms with Crippen molar-refractivity contribution in [3.8, 4) is 0 Å². The van der Waals surface area contributed by atoms with E-state index in [-0.39, 0.29) is 150 Å². The second kappa shape index (κ2) is 39.2. The van der Waals surface area contributed by atoms with E-state index in [4.69, 9.17) is 0 Å². The number of aromatic nitrogens is 16. The van der Waals surface area contributed by atoms with Crippen LogP contribution < -0.4 is 79.8 Å². The molecule has 0 radical (unpaired) electrons. The van der Waals surface area contributed by atoms with Gasteiger partial charge in [0, 0.05) is 201 Å². The first-order valence-corrected chi connectivity index (χ1v) is 39.6. The van der Waals surface area contributed by atoms with Crippen LogP contribution in [0, 0.1) is 0 Å². The van der Waals surface area contributed by atoms with Crippen LogP contribution in [0.3, 0.4) is 0 Å². The zero-order valence-electron chi connectivity index (χ0n) is 71.8. The predicted molar refractivity (Wildman–Crippen MR) is 468 cm³/mol. The number of nitrogens with zero attached hydrogens (tertiary/aromatic N) is 16. The van der Waals surface area contributed by atoms with Crippen LogP contribution in [-0.2, 0) is 89.7 Å². The summed E-state index contributed by atoms with van der Waals surface area (Å²) in [5.41, 5.74) is 3.84. The number of amides is 15. The van der Waals surface area contributed by atoms with Crippen LogP contribution in [0.5, 0.6) is 0 Å². The number of benzene rings is 1. The van der Waals surface area contributed by atoms with Gasteiger partial charge < -0.3 is 135 Å². The van der Waals surface area contributed by atoms with Crippen molar-refractivity contribution in [1.82, 2.24) is 102 Å². The molecule has 15 amide bonds. The molecule has 0 aliphatic carbocycles. The lowest BCUT2D eigenvalue weighted by atomic mass is 10.2. The Morgan fingerprint density at radius 1 is 0.297 bits per heavy atom. The molecule has 11 aromatic heterocycles. The molecule has 0 aliphatic heterocycles. The van der Waals surface area contributed by atoms with Crippen molar-refractivity contribution in [3.63, 3.8) is 0 Å². The first kappa shape index (κ1) is 90.5. The van der Waals surface area contributed by atoms with E-state index >= 15 is 0 Å². The number of aromatic amines is 1. The minimum absolute atomic E-state index is 0.0111. The number of aryl methyl sites for hydroxylation is 10. The van der Waals surface area contributed by atoms with E-state index in [1.165, 1.54) is 149 Å². The van der Waals surface area contributed by atoms with Gasteiger partial charge in [0.05, 0.1) is 28.4 Å². The molecular weight excluding hydrogens is 1660 g/mol. The van der Waals surface area contributed by atoms with Crippen LogP contribution in [0.2, 0.25) is 0 Å². The highest BCUT2D eigenvalue weighted by Crippen LogP contribution is 2.26. The van der Waals surface area contributed by atoms with Gasteiger partial charge in [-0.3, -0.25) is 71.9 Å². The van der Waals surface area contributed by atoms with E-state index < -0.39 is 76.8 Å². The summed E-state index contributed by atoms with van der Waals surface area (Å²) in [4.78, 5) is 223. The van der Waals surface area contributed by atoms with Gasteiger partial charge in [-0.1, -0.05) is 0 Å². The minimum atomic E-state index is -0.738. The number of carbonyl (C=O) groups excluding carboxylic acids is 15. The summed E-state index contributed by atoms with van der Waals surface area (Å²) in [6.45, 7) is 2.52. The topological polar surface area (TPSA) is 569 Å². The number of hydrogen-bond donors (Lipinski definition) is 16. The fourth-order valence-electron chi connectivity index (χ4n) is 13.4. The molecule has 0 spiro atoms. The lowest BCUT2D eigenvalue weighted by molar-refractivity contribution is -0.117. The van der Waals surface area contributed by atoms with E-state index in [1.807, 2.05) is 19.0 Å². The van der Waals surface area contributed by atoms with Gasteiger partial charge in [-0.25, -0.2) is 24.9 Å². The third kappa shape index (κ3) is 22.5. The summed E-state index contributed by atoms with van der Waals surface area (Å²) in [5.74, 6) is -8.24. The number of anilines is 11. The fraction of sp³-hybridized carbons (Fsp3) is 0.284. The number of fused-ring (bicyclic) bond motifs is 1. The number of nitrogens with one attached hydrogen (secondary N) is 16. The third-order valence-corrected chi connectivity index (χ3v) is 19.6. The zero-order chi connectivity index (χ0) is 92.2. The molecule has 0 aliphatic rings. The van der Waals surface area contributed by atoms with Gasteiger partial charge >= 0.3 is 0 Å². The monoisotopic (exact) mass is 1750 g/mol. The molecule has 1 aromatic carbocycles. The predicted octanol–water partition coefficient (Wildman–Crippen LogP) is 3.60. The minimum Gasteiger partial charge on any atom is -0.351 e. The molecule has 47 nitrogen and oxygen atoms in total. The van der Waals surface area contributed by atoms with Gasteiger partial charge in [0.1, 0.15) is 34.2 Å². The first-order valence-electron chi connectivity index (χ1n) is 39.6. The number of hydrogen-bond acceptors (Lipinski definition) is 21. The molecule has 128 heavy (non-hydrogen) atoms. The summed E-state index contributed by atoms with van der Waals surface area (Å²) in [5, 5.41) is 41.1. The molecule has 668 valence electrons. The van der Waals surface area contributed by atoms with Gasteiger partial charge in [-0.2, -0.15) is 0 Å². The molecule has 12 rings (SSSR count). The largest absolute Gasteiger partial charge is 0.351 e. The third-order valence-electron chi connectivity index (χ3n) is 19.6. The van der Waals surface area contributed by atoms with Crippen molar-refractivity contribution in [3.05, 3.63) is 180 Å². The summed E-state index contributed by atoms with van der Waals surface area (Å²) < 4.78 is 14.4. The summed E-state index contributed by atoms with van der Waals surface area (Å²) in [6, 6.07) is 14.2. The zero-order valence-corrected chi connectivity index (χ0v) is 71.8. The number of carbonyl (C=O) groups is 15. The second-order valence-electron chi connectivity index (χ2n) is 30.2. The van der Waals surface area contributed by atoms with Gasteiger partial charge in [0.25, 0.3) is 65.0 Å². The van der Waals surface area contributed by atoms with Crippen molar-refractivity contribution in [1.29, 1.82) is 0 Å². The molecular formula is C81H94N32O15. The molecule has 16 N–H and O–H groups in total. The Balaban J connectivity index is 0.523. The van der Waals surface area contributed by atoms with E-state index in [0.717, 1.165) is 23.9 Å². The van der Waals surface area contributed by atoms with Gasteiger partial charge in [0.2, 0.25) is 52.8 Å². The molecule has 0 bridgehead atoms.